The number of hydrogen-bond acceptors (Lipinski definition) is 4. The fourth-order valence-electron chi connectivity index (χ4n) is 2.25. The number of rotatable bonds is 9. The lowest BCUT2D eigenvalue weighted by Gasteiger charge is -2.17. The Morgan fingerprint density at radius 2 is 1.86 bits per heavy atom. The van der Waals surface area contributed by atoms with Gasteiger partial charge in [0.2, 0.25) is 5.91 Å². The van der Waals surface area contributed by atoms with Crippen LogP contribution in [0.2, 0.25) is 0 Å². The van der Waals surface area contributed by atoms with E-state index in [1.807, 2.05) is 44.2 Å². The molecule has 0 radical (unpaired) electrons. The van der Waals surface area contributed by atoms with Gasteiger partial charge in [0.15, 0.2) is 5.78 Å². The van der Waals surface area contributed by atoms with E-state index in [9.17, 15) is 14.7 Å². The molecule has 5 heteroatoms. The van der Waals surface area contributed by atoms with Crippen molar-refractivity contribution < 1.29 is 14.7 Å². The van der Waals surface area contributed by atoms with Crippen LogP contribution in [0, 0.1) is 0 Å². The first-order valence-electron chi connectivity index (χ1n) is 7.76. The standard InChI is InChI=1S/C17H26N2O3/c1-3-7-14(18)17(22)15(20)10-11-16(21)19-12(2)13-8-5-4-6-9-13/h4-6,8-9,12,14,17,22H,3,7,10-11,18H2,1-2H3,(H,19,21)/t12-,14?,17?/m1/s1. The van der Waals surface area contributed by atoms with Gasteiger partial charge < -0.3 is 16.2 Å². The predicted octanol–water partition coefficient (Wildman–Crippen LogP) is 1.70. The molecule has 1 aromatic carbocycles. The lowest BCUT2D eigenvalue weighted by Crippen LogP contribution is -2.40. The van der Waals surface area contributed by atoms with E-state index in [4.69, 9.17) is 5.73 Å². The zero-order valence-electron chi connectivity index (χ0n) is 13.3. The normalized spacial score (nSPS) is 14.9. The van der Waals surface area contributed by atoms with Gasteiger partial charge in [-0.3, -0.25) is 9.59 Å². The third-order valence-corrected chi connectivity index (χ3v) is 3.63. The van der Waals surface area contributed by atoms with E-state index < -0.39 is 12.1 Å². The highest BCUT2D eigenvalue weighted by Gasteiger charge is 2.22. The summed E-state index contributed by atoms with van der Waals surface area (Å²) in [7, 11) is 0. The van der Waals surface area contributed by atoms with Gasteiger partial charge in [0, 0.05) is 18.9 Å². The lowest BCUT2D eigenvalue weighted by molar-refractivity contribution is -0.131. The molecule has 5 nitrogen and oxygen atoms in total. The van der Waals surface area contributed by atoms with E-state index in [0.717, 1.165) is 12.0 Å². The van der Waals surface area contributed by atoms with E-state index in [1.54, 1.807) is 0 Å². The van der Waals surface area contributed by atoms with E-state index in [1.165, 1.54) is 0 Å². The Morgan fingerprint density at radius 3 is 2.45 bits per heavy atom. The topological polar surface area (TPSA) is 92.4 Å². The minimum Gasteiger partial charge on any atom is -0.384 e. The molecule has 0 saturated heterocycles. The molecule has 0 bridgehead atoms. The van der Waals surface area contributed by atoms with Gasteiger partial charge in [-0.1, -0.05) is 43.7 Å². The Morgan fingerprint density at radius 1 is 1.23 bits per heavy atom. The SMILES string of the molecule is CCCC(N)C(O)C(=O)CCC(=O)N[C@H](C)c1ccccc1. The highest BCUT2D eigenvalue weighted by Crippen LogP contribution is 2.12. The molecule has 0 aromatic heterocycles. The minimum atomic E-state index is -1.18. The first-order chi connectivity index (χ1) is 10.5. The van der Waals surface area contributed by atoms with E-state index in [-0.39, 0.29) is 30.6 Å². The maximum Gasteiger partial charge on any atom is 0.220 e. The second kappa shape index (κ2) is 9.33. The van der Waals surface area contributed by atoms with Crippen LogP contribution in [0.15, 0.2) is 30.3 Å². The number of carbonyl (C=O) groups is 2. The first kappa shape index (κ1) is 18.3. The van der Waals surface area contributed by atoms with Crippen LogP contribution in [0.25, 0.3) is 0 Å². The van der Waals surface area contributed by atoms with Crippen LogP contribution in [0.1, 0.15) is 51.1 Å². The molecule has 1 rings (SSSR count). The third kappa shape index (κ3) is 5.95. The van der Waals surface area contributed by atoms with Crippen molar-refractivity contribution in [2.45, 2.75) is 57.7 Å². The summed E-state index contributed by atoms with van der Waals surface area (Å²) in [5.74, 6) is -0.579. The van der Waals surface area contributed by atoms with Gasteiger partial charge in [-0.15, -0.1) is 0 Å². The molecule has 0 heterocycles. The van der Waals surface area contributed by atoms with Crippen molar-refractivity contribution in [2.75, 3.05) is 0 Å². The van der Waals surface area contributed by atoms with Crippen LogP contribution >= 0.6 is 0 Å². The molecule has 0 saturated carbocycles. The zero-order chi connectivity index (χ0) is 16.5. The fraction of sp³-hybridized carbons (Fsp3) is 0.529. The zero-order valence-corrected chi connectivity index (χ0v) is 13.3. The summed E-state index contributed by atoms with van der Waals surface area (Å²) in [5.41, 5.74) is 6.73. The quantitative estimate of drug-likeness (QED) is 0.647. The molecular weight excluding hydrogens is 280 g/mol. The first-order valence-corrected chi connectivity index (χ1v) is 7.76. The van der Waals surface area contributed by atoms with Crippen LogP contribution in [0.4, 0.5) is 0 Å². The number of ketones is 1. The van der Waals surface area contributed by atoms with Gasteiger partial charge in [-0.2, -0.15) is 0 Å². The van der Waals surface area contributed by atoms with Gasteiger partial charge in [-0.05, 0) is 18.9 Å². The van der Waals surface area contributed by atoms with E-state index >= 15 is 0 Å². The largest absolute Gasteiger partial charge is 0.384 e. The number of hydrogen-bond donors (Lipinski definition) is 3. The summed E-state index contributed by atoms with van der Waals surface area (Å²) >= 11 is 0. The summed E-state index contributed by atoms with van der Waals surface area (Å²) in [4.78, 5) is 23.7. The summed E-state index contributed by atoms with van der Waals surface area (Å²) < 4.78 is 0. The van der Waals surface area contributed by atoms with Gasteiger partial charge in [0.25, 0.3) is 0 Å². The number of Topliss-reactive ketones (excluding diaryl/α,β-unsaturated/α-hetero) is 1. The molecule has 0 spiro atoms. The summed E-state index contributed by atoms with van der Waals surface area (Å²) in [6.45, 7) is 3.83. The monoisotopic (exact) mass is 306 g/mol. The van der Waals surface area contributed by atoms with E-state index in [2.05, 4.69) is 5.32 Å². The average molecular weight is 306 g/mol. The molecule has 3 atom stereocenters. The number of benzene rings is 1. The van der Waals surface area contributed by atoms with Crippen LogP contribution in [0.5, 0.6) is 0 Å². The maximum atomic E-state index is 11.9. The Bertz CT molecular complexity index is 476. The molecule has 0 aliphatic rings. The highest BCUT2D eigenvalue weighted by atomic mass is 16.3. The van der Waals surface area contributed by atoms with Crippen molar-refractivity contribution in [1.82, 2.24) is 5.32 Å². The van der Waals surface area contributed by atoms with Crippen LogP contribution in [-0.4, -0.2) is 28.9 Å². The third-order valence-electron chi connectivity index (χ3n) is 3.63. The molecule has 0 fully saturated rings. The van der Waals surface area contributed by atoms with Crippen molar-refractivity contribution in [3.8, 4) is 0 Å². The van der Waals surface area contributed by atoms with Crippen molar-refractivity contribution in [2.24, 2.45) is 5.73 Å². The number of aliphatic hydroxyl groups is 1. The van der Waals surface area contributed by atoms with Crippen molar-refractivity contribution in [3.63, 3.8) is 0 Å². The number of carbonyl (C=O) groups excluding carboxylic acids is 2. The molecule has 1 aromatic rings. The van der Waals surface area contributed by atoms with Crippen molar-refractivity contribution in [1.29, 1.82) is 0 Å². The molecule has 0 aliphatic heterocycles. The van der Waals surface area contributed by atoms with E-state index in [0.29, 0.717) is 6.42 Å². The highest BCUT2D eigenvalue weighted by molar-refractivity contribution is 5.88. The smallest absolute Gasteiger partial charge is 0.220 e. The number of amides is 1. The van der Waals surface area contributed by atoms with Gasteiger partial charge in [0.05, 0.1) is 6.04 Å². The van der Waals surface area contributed by atoms with Gasteiger partial charge in [0.1, 0.15) is 6.10 Å². The second-order valence-corrected chi connectivity index (χ2v) is 5.56. The second-order valence-electron chi connectivity index (χ2n) is 5.56. The summed E-state index contributed by atoms with van der Waals surface area (Å²) in [6, 6.07) is 8.94. The molecule has 22 heavy (non-hydrogen) atoms. The number of nitrogens with one attached hydrogen (secondary N) is 1. The van der Waals surface area contributed by atoms with Crippen molar-refractivity contribution >= 4 is 11.7 Å². The summed E-state index contributed by atoms with van der Waals surface area (Å²) in [6.07, 6.45) is 0.280. The van der Waals surface area contributed by atoms with Crippen LogP contribution < -0.4 is 11.1 Å². The lowest BCUT2D eigenvalue weighted by atomic mass is 10.00. The maximum absolute atomic E-state index is 11.9. The molecule has 0 aliphatic carbocycles. The fourth-order valence-corrected chi connectivity index (χ4v) is 2.25. The summed E-state index contributed by atoms with van der Waals surface area (Å²) in [5, 5.41) is 12.6. The Kier molecular flexibility index (Phi) is 7.77. The predicted molar refractivity (Wildman–Crippen MR) is 86.1 cm³/mol. The number of nitrogens with two attached hydrogens (primary N) is 1. The molecule has 1 amide bonds. The Labute approximate surface area is 131 Å². The molecular formula is C17H26N2O3. The van der Waals surface area contributed by atoms with Gasteiger partial charge in [-0.25, -0.2) is 0 Å². The van der Waals surface area contributed by atoms with Crippen LogP contribution in [-0.2, 0) is 9.59 Å². The minimum absolute atomic E-state index is 0.00588. The average Bonchev–Trinajstić information content (AvgIpc) is 2.52. The Balaban J connectivity index is 2.38. The molecule has 122 valence electrons. The molecule has 2 unspecified atom stereocenters. The molecule has 4 N–H and O–H groups in total. The van der Waals surface area contributed by atoms with Crippen LogP contribution in [0.3, 0.4) is 0 Å². The number of aliphatic hydroxyl groups excluding tert-OH is 1. The van der Waals surface area contributed by atoms with Gasteiger partial charge >= 0.3 is 0 Å². The Hall–Kier alpha value is -1.72. The van der Waals surface area contributed by atoms with Crippen molar-refractivity contribution in [3.05, 3.63) is 35.9 Å².